The van der Waals surface area contributed by atoms with Crippen molar-refractivity contribution < 1.29 is 18.1 Å². The summed E-state index contributed by atoms with van der Waals surface area (Å²) in [5, 5.41) is 12.3. The van der Waals surface area contributed by atoms with E-state index < -0.39 is 14.8 Å². The van der Waals surface area contributed by atoms with Gasteiger partial charge in [0.25, 0.3) is 5.69 Å². The molecule has 152 valence electrons. The van der Waals surface area contributed by atoms with Crippen molar-refractivity contribution in [2.24, 2.45) is 0 Å². The predicted octanol–water partition coefficient (Wildman–Crippen LogP) is 5.20. The first-order chi connectivity index (χ1) is 13.8. The lowest BCUT2D eigenvalue weighted by Gasteiger charge is -2.13. The number of ether oxygens (including phenoxy) is 1. The lowest BCUT2D eigenvalue weighted by Crippen LogP contribution is -2.13. The first-order valence-electron chi connectivity index (χ1n) is 8.48. The molecule has 0 amide bonds. The second-order valence-electron chi connectivity index (χ2n) is 5.99. The molecule has 0 atom stereocenters. The fourth-order valence-electron chi connectivity index (χ4n) is 2.83. The molecule has 0 aliphatic rings. The first-order valence-corrected chi connectivity index (χ1v) is 10.7. The number of nitro groups is 1. The molecule has 7 nitrogen and oxygen atoms in total. The summed E-state index contributed by atoms with van der Waals surface area (Å²) in [6, 6.07) is 13.0. The number of benzene rings is 2. The van der Waals surface area contributed by atoms with Crippen molar-refractivity contribution in [3.8, 4) is 11.3 Å². The molecule has 2 aromatic carbocycles. The predicted molar refractivity (Wildman–Crippen MR) is 110 cm³/mol. The van der Waals surface area contributed by atoms with Crippen LogP contribution in [0, 0.1) is 10.1 Å². The van der Waals surface area contributed by atoms with Crippen molar-refractivity contribution in [2.45, 2.75) is 23.6 Å². The van der Waals surface area contributed by atoms with Gasteiger partial charge in [-0.15, -0.1) is 0 Å². The van der Waals surface area contributed by atoms with Crippen LogP contribution in [-0.2, 0) is 21.3 Å². The SMILES string of the molecule is CCOCn1c(S(=O)(=O)c2ccc(Cl)cc2)cc([N+](=O)[O-])c1-c1ccc(Cl)cc1. The van der Waals surface area contributed by atoms with Crippen molar-refractivity contribution in [3.63, 3.8) is 0 Å². The number of hydrogen-bond acceptors (Lipinski definition) is 5. The zero-order valence-corrected chi connectivity index (χ0v) is 17.5. The third-order valence-corrected chi connectivity index (χ3v) is 6.46. The van der Waals surface area contributed by atoms with Crippen LogP contribution < -0.4 is 0 Å². The maximum absolute atomic E-state index is 13.2. The van der Waals surface area contributed by atoms with Crippen LogP contribution in [0.3, 0.4) is 0 Å². The van der Waals surface area contributed by atoms with E-state index in [0.29, 0.717) is 22.2 Å². The zero-order chi connectivity index (χ0) is 21.2. The summed E-state index contributed by atoms with van der Waals surface area (Å²) in [6.07, 6.45) is 0. The Kier molecular flexibility index (Phi) is 6.28. The van der Waals surface area contributed by atoms with Crippen molar-refractivity contribution >= 4 is 38.7 Å². The lowest BCUT2D eigenvalue weighted by molar-refractivity contribution is -0.384. The molecular weight excluding hydrogens is 439 g/mol. The van der Waals surface area contributed by atoms with Gasteiger partial charge in [-0.05, 0) is 43.3 Å². The average Bonchev–Trinajstić information content (AvgIpc) is 3.08. The van der Waals surface area contributed by atoms with Gasteiger partial charge in [0.15, 0.2) is 0 Å². The topological polar surface area (TPSA) is 91.4 Å². The van der Waals surface area contributed by atoms with E-state index in [4.69, 9.17) is 27.9 Å². The summed E-state index contributed by atoms with van der Waals surface area (Å²) in [5.41, 5.74) is 0.213. The first kappa shape index (κ1) is 21.3. The van der Waals surface area contributed by atoms with E-state index in [-0.39, 0.29) is 28.0 Å². The molecular formula is C19H16Cl2N2O5S. The Morgan fingerprint density at radius 1 is 1.03 bits per heavy atom. The van der Waals surface area contributed by atoms with Crippen molar-refractivity contribution in [1.29, 1.82) is 0 Å². The molecule has 0 radical (unpaired) electrons. The summed E-state index contributed by atoms with van der Waals surface area (Å²) in [5.74, 6) is 0. The normalized spacial score (nSPS) is 11.6. The Hall–Kier alpha value is -2.39. The van der Waals surface area contributed by atoms with E-state index in [2.05, 4.69) is 0 Å². The highest BCUT2D eigenvalue weighted by Crippen LogP contribution is 2.38. The van der Waals surface area contributed by atoms with E-state index in [1.165, 1.54) is 28.8 Å². The molecule has 0 fully saturated rings. The number of nitrogens with zero attached hydrogens (tertiary/aromatic N) is 2. The summed E-state index contributed by atoms with van der Waals surface area (Å²) in [7, 11) is -4.07. The van der Waals surface area contributed by atoms with Gasteiger partial charge in [0.1, 0.15) is 17.5 Å². The molecule has 1 aromatic heterocycles. The van der Waals surface area contributed by atoms with Gasteiger partial charge in [-0.2, -0.15) is 0 Å². The number of aromatic nitrogens is 1. The minimum Gasteiger partial charge on any atom is -0.361 e. The maximum Gasteiger partial charge on any atom is 0.296 e. The van der Waals surface area contributed by atoms with E-state index >= 15 is 0 Å². The molecule has 0 bridgehead atoms. The molecule has 10 heteroatoms. The molecule has 29 heavy (non-hydrogen) atoms. The lowest BCUT2D eigenvalue weighted by atomic mass is 10.1. The van der Waals surface area contributed by atoms with Crippen LogP contribution in [0.5, 0.6) is 0 Å². The van der Waals surface area contributed by atoms with Crippen LogP contribution >= 0.6 is 23.2 Å². The van der Waals surface area contributed by atoms with Gasteiger partial charge in [-0.3, -0.25) is 10.1 Å². The molecule has 3 aromatic rings. The van der Waals surface area contributed by atoms with Crippen LogP contribution in [0.25, 0.3) is 11.3 Å². The Morgan fingerprint density at radius 2 is 1.59 bits per heavy atom. The smallest absolute Gasteiger partial charge is 0.296 e. The summed E-state index contributed by atoms with van der Waals surface area (Å²) < 4.78 is 33.2. The summed E-state index contributed by atoms with van der Waals surface area (Å²) in [6.45, 7) is 1.87. The highest BCUT2D eigenvalue weighted by atomic mass is 35.5. The van der Waals surface area contributed by atoms with Crippen LogP contribution in [-0.4, -0.2) is 24.5 Å². The number of halogens is 2. The average molecular weight is 455 g/mol. The van der Waals surface area contributed by atoms with Gasteiger partial charge in [0, 0.05) is 22.2 Å². The monoisotopic (exact) mass is 454 g/mol. The van der Waals surface area contributed by atoms with Gasteiger partial charge in [0.2, 0.25) is 9.84 Å². The number of sulfone groups is 1. The quantitative estimate of drug-likeness (QED) is 0.361. The van der Waals surface area contributed by atoms with E-state index in [9.17, 15) is 18.5 Å². The molecule has 0 N–H and O–H groups in total. The largest absolute Gasteiger partial charge is 0.361 e. The third kappa shape index (κ3) is 4.30. The molecule has 0 aliphatic heterocycles. The van der Waals surface area contributed by atoms with E-state index in [1.54, 1.807) is 31.2 Å². The summed E-state index contributed by atoms with van der Waals surface area (Å²) >= 11 is 11.8. The Bertz CT molecular complexity index is 1140. The molecule has 1 heterocycles. The summed E-state index contributed by atoms with van der Waals surface area (Å²) in [4.78, 5) is 11.1. The van der Waals surface area contributed by atoms with Crippen molar-refractivity contribution in [3.05, 3.63) is 74.8 Å². The van der Waals surface area contributed by atoms with Gasteiger partial charge in [0.05, 0.1) is 15.9 Å². The molecule has 0 saturated carbocycles. The highest BCUT2D eigenvalue weighted by Gasteiger charge is 2.32. The van der Waals surface area contributed by atoms with Crippen LogP contribution in [0.4, 0.5) is 5.69 Å². The molecule has 0 aliphatic carbocycles. The second kappa shape index (κ2) is 8.54. The fraction of sp³-hybridized carbons (Fsp3) is 0.158. The van der Waals surface area contributed by atoms with Gasteiger partial charge < -0.3 is 9.30 Å². The van der Waals surface area contributed by atoms with Crippen LogP contribution in [0.2, 0.25) is 10.0 Å². The fourth-order valence-corrected chi connectivity index (χ4v) is 4.52. The Morgan fingerprint density at radius 3 is 2.10 bits per heavy atom. The highest BCUT2D eigenvalue weighted by molar-refractivity contribution is 7.91. The number of rotatable bonds is 7. The molecule has 3 rings (SSSR count). The van der Waals surface area contributed by atoms with Crippen molar-refractivity contribution in [1.82, 2.24) is 4.57 Å². The zero-order valence-electron chi connectivity index (χ0n) is 15.2. The van der Waals surface area contributed by atoms with E-state index in [0.717, 1.165) is 6.07 Å². The third-order valence-electron chi connectivity index (χ3n) is 4.18. The van der Waals surface area contributed by atoms with Gasteiger partial charge >= 0.3 is 0 Å². The molecule has 0 saturated heterocycles. The van der Waals surface area contributed by atoms with E-state index in [1.807, 2.05) is 0 Å². The van der Waals surface area contributed by atoms with Crippen LogP contribution in [0.1, 0.15) is 6.92 Å². The number of hydrogen-bond donors (Lipinski definition) is 0. The van der Waals surface area contributed by atoms with Crippen molar-refractivity contribution in [2.75, 3.05) is 6.61 Å². The second-order valence-corrected chi connectivity index (χ2v) is 8.76. The molecule has 0 unspecified atom stereocenters. The Labute approximate surface area is 177 Å². The maximum atomic E-state index is 13.2. The minimum atomic E-state index is -4.07. The standard InChI is InChI=1S/C19H16Cl2N2O5S/c1-2-28-12-22-18(29(26,27)16-9-7-15(21)8-10-16)11-17(23(24)25)19(22)13-3-5-14(20)6-4-13/h3-11H,2,12H2,1H3. The Balaban J connectivity index is 2.29. The van der Waals surface area contributed by atoms with Crippen LogP contribution in [0.15, 0.2) is 64.5 Å². The molecule has 0 spiro atoms. The van der Waals surface area contributed by atoms with Gasteiger partial charge in [-0.25, -0.2) is 8.42 Å². The van der Waals surface area contributed by atoms with Gasteiger partial charge in [-0.1, -0.05) is 35.3 Å². The minimum absolute atomic E-state index is 0.0327.